The third-order valence-corrected chi connectivity index (χ3v) is 3.19. The van der Waals surface area contributed by atoms with Crippen LogP contribution in [0.3, 0.4) is 0 Å². The normalized spacial score (nSPS) is 10.3. The van der Waals surface area contributed by atoms with Gasteiger partial charge in [-0.3, -0.25) is 0 Å². The van der Waals surface area contributed by atoms with Crippen LogP contribution in [-0.2, 0) is 6.42 Å². The van der Waals surface area contributed by atoms with Gasteiger partial charge in [-0.2, -0.15) is 0 Å². The molecule has 92 valence electrons. The van der Waals surface area contributed by atoms with E-state index in [0.29, 0.717) is 17.0 Å². The summed E-state index contributed by atoms with van der Waals surface area (Å²) >= 11 is 5.83. The Hall–Kier alpha value is -1.80. The number of halogens is 1. The largest absolute Gasteiger partial charge is 0.478 e. The lowest BCUT2D eigenvalue weighted by atomic mass is 9.95. The monoisotopic (exact) mass is 260 g/mol. The minimum absolute atomic E-state index is 0.366. The van der Waals surface area contributed by atoms with Gasteiger partial charge < -0.3 is 5.11 Å². The molecule has 0 amide bonds. The summed E-state index contributed by atoms with van der Waals surface area (Å²) in [7, 11) is 0. The van der Waals surface area contributed by atoms with Gasteiger partial charge in [0.2, 0.25) is 0 Å². The molecule has 0 aliphatic heterocycles. The Bertz CT molecular complexity index is 574. The van der Waals surface area contributed by atoms with Gasteiger partial charge in [-0.1, -0.05) is 35.9 Å². The van der Waals surface area contributed by atoms with Crippen LogP contribution in [0.1, 0.15) is 27.0 Å². The first-order valence-corrected chi connectivity index (χ1v) is 6.02. The van der Waals surface area contributed by atoms with E-state index < -0.39 is 5.97 Å². The molecule has 0 fully saturated rings. The average Bonchev–Trinajstić information content (AvgIpc) is 2.34. The molecule has 2 aromatic carbocycles. The Balaban J connectivity index is 2.39. The van der Waals surface area contributed by atoms with Crippen LogP contribution in [0.25, 0.3) is 0 Å². The predicted molar refractivity (Wildman–Crippen MR) is 72.4 cm³/mol. The van der Waals surface area contributed by atoms with Gasteiger partial charge in [0.1, 0.15) is 0 Å². The number of benzene rings is 2. The Kier molecular flexibility index (Phi) is 3.68. The second-order valence-electron chi connectivity index (χ2n) is 4.21. The number of carbonyl (C=O) groups is 1. The maximum absolute atomic E-state index is 11.2. The van der Waals surface area contributed by atoms with Crippen LogP contribution in [0, 0.1) is 6.92 Å². The molecule has 0 heterocycles. The van der Waals surface area contributed by atoms with E-state index in [1.54, 1.807) is 12.1 Å². The second-order valence-corrected chi connectivity index (χ2v) is 4.65. The third-order valence-electron chi connectivity index (χ3n) is 2.93. The third kappa shape index (κ3) is 2.71. The van der Waals surface area contributed by atoms with Crippen LogP contribution >= 0.6 is 11.6 Å². The smallest absolute Gasteiger partial charge is 0.335 e. The Morgan fingerprint density at radius 3 is 2.44 bits per heavy atom. The van der Waals surface area contributed by atoms with E-state index in [1.807, 2.05) is 37.3 Å². The molecule has 3 heteroatoms. The van der Waals surface area contributed by atoms with E-state index in [1.165, 1.54) is 0 Å². The average molecular weight is 261 g/mol. The zero-order valence-corrected chi connectivity index (χ0v) is 10.7. The molecule has 0 saturated carbocycles. The second kappa shape index (κ2) is 5.23. The summed E-state index contributed by atoms with van der Waals surface area (Å²) < 4.78 is 0. The van der Waals surface area contributed by atoms with Crippen LogP contribution < -0.4 is 0 Å². The number of aryl methyl sites for hydroxylation is 1. The number of carboxylic acid groups (broad SMARTS) is 1. The summed E-state index contributed by atoms with van der Waals surface area (Å²) in [5.41, 5.74) is 3.26. The van der Waals surface area contributed by atoms with Gasteiger partial charge >= 0.3 is 5.97 Å². The Morgan fingerprint density at radius 2 is 1.83 bits per heavy atom. The highest BCUT2D eigenvalue weighted by molar-refractivity contribution is 6.30. The van der Waals surface area contributed by atoms with Gasteiger partial charge in [0.05, 0.1) is 5.56 Å². The number of rotatable bonds is 3. The highest BCUT2D eigenvalue weighted by Gasteiger charge is 2.12. The molecule has 1 N–H and O–H groups in total. The topological polar surface area (TPSA) is 37.3 Å². The molecule has 0 radical (unpaired) electrons. The molecule has 0 saturated heterocycles. The van der Waals surface area contributed by atoms with Crippen molar-refractivity contribution in [3.8, 4) is 0 Å². The first-order chi connectivity index (χ1) is 8.58. The van der Waals surface area contributed by atoms with Crippen molar-refractivity contribution in [3.05, 3.63) is 69.7 Å². The van der Waals surface area contributed by atoms with Crippen LogP contribution in [0.2, 0.25) is 5.02 Å². The molecule has 0 atom stereocenters. The minimum atomic E-state index is -0.886. The molecule has 0 unspecified atom stereocenters. The molecule has 2 rings (SSSR count). The SMILES string of the molecule is Cc1cccc(C(=O)O)c1Cc1ccc(Cl)cc1. The molecule has 0 aliphatic carbocycles. The van der Waals surface area contributed by atoms with Crippen molar-refractivity contribution in [1.29, 1.82) is 0 Å². The molecule has 2 nitrogen and oxygen atoms in total. The summed E-state index contributed by atoms with van der Waals surface area (Å²) in [4.78, 5) is 11.2. The summed E-state index contributed by atoms with van der Waals surface area (Å²) in [5, 5.41) is 9.87. The zero-order chi connectivity index (χ0) is 13.1. The highest BCUT2D eigenvalue weighted by Crippen LogP contribution is 2.20. The fourth-order valence-electron chi connectivity index (χ4n) is 1.94. The van der Waals surface area contributed by atoms with E-state index in [-0.39, 0.29) is 0 Å². The van der Waals surface area contributed by atoms with Crippen molar-refractivity contribution in [2.75, 3.05) is 0 Å². The number of aromatic carboxylic acids is 1. The van der Waals surface area contributed by atoms with Crippen LogP contribution in [0.5, 0.6) is 0 Å². The molecular formula is C15H13ClO2. The van der Waals surface area contributed by atoms with Crippen molar-refractivity contribution >= 4 is 17.6 Å². The summed E-state index contributed by atoms with van der Waals surface area (Å²) in [6.07, 6.45) is 0.603. The molecule has 0 bridgehead atoms. The van der Waals surface area contributed by atoms with E-state index in [2.05, 4.69) is 0 Å². The van der Waals surface area contributed by atoms with Gasteiger partial charge in [0, 0.05) is 5.02 Å². The molecular weight excluding hydrogens is 248 g/mol. The lowest BCUT2D eigenvalue weighted by Crippen LogP contribution is -2.05. The van der Waals surface area contributed by atoms with Crippen molar-refractivity contribution in [2.45, 2.75) is 13.3 Å². The van der Waals surface area contributed by atoms with Gasteiger partial charge in [-0.05, 0) is 48.2 Å². The van der Waals surface area contributed by atoms with Crippen LogP contribution in [0.15, 0.2) is 42.5 Å². The first-order valence-electron chi connectivity index (χ1n) is 5.64. The number of hydrogen-bond donors (Lipinski definition) is 1. The summed E-state index contributed by atoms with van der Waals surface area (Å²) in [6.45, 7) is 1.93. The highest BCUT2D eigenvalue weighted by atomic mass is 35.5. The predicted octanol–water partition coefficient (Wildman–Crippen LogP) is 3.94. The number of hydrogen-bond acceptors (Lipinski definition) is 1. The molecule has 0 aromatic heterocycles. The van der Waals surface area contributed by atoms with Gasteiger partial charge in [0.25, 0.3) is 0 Å². The van der Waals surface area contributed by atoms with Gasteiger partial charge in [-0.25, -0.2) is 4.79 Å². The maximum Gasteiger partial charge on any atom is 0.335 e. The Morgan fingerprint density at radius 1 is 1.17 bits per heavy atom. The fraction of sp³-hybridized carbons (Fsp3) is 0.133. The minimum Gasteiger partial charge on any atom is -0.478 e. The standard InChI is InChI=1S/C15H13ClO2/c1-10-3-2-4-13(15(17)18)14(10)9-11-5-7-12(16)8-6-11/h2-8H,9H2,1H3,(H,17,18). The van der Waals surface area contributed by atoms with Crippen molar-refractivity contribution in [1.82, 2.24) is 0 Å². The number of carboxylic acids is 1. The van der Waals surface area contributed by atoms with Crippen LogP contribution in [0.4, 0.5) is 0 Å². The summed E-state index contributed by atoms with van der Waals surface area (Å²) in [5.74, 6) is -0.886. The van der Waals surface area contributed by atoms with E-state index >= 15 is 0 Å². The maximum atomic E-state index is 11.2. The van der Waals surface area contributed by atoms with E-state index in [4.69, 9.17) is 11.6 Å². The first kappa shape index (κ1) is 12.7. The quantitative estimate of drug-likeness (QED) is 0.908. The van der Waals surface area contributed by atoms with E-state index in [9.17, 15) is 9.90 Å². The molecule has 0 spiro atoms. The fourth-order valence-corrected chi connectivity index (χ4v) is 2.07. The van der Waals surface area contributed by atoms with Crippen molar-refractivity contribution in [3.63, 3.8) is 0 Å². The van der Waals surface area contributed by atoms with Crippen LogP contribution in [-0.4, -0.2) is 11.1 Å². The van der Waals surface area contributed by atoms with E-state index in [0.717, 1.165) is 16.7 Å². The zero-order valence-electron chi connectivity index (χ0n) is 9.98. The van der Waals surface area contributed by atoms with Gasteiger partial charge in [0.15, 0.2) is 0 Å². The Labute approximate surface area is 111 Å². The molecule has 0 aliphatic rings. The molecule has 18 heavy (non-hydrogen) atoms. The van der Waals surface area contributed by atoms with Crippen molar-refractivity contribution in [2.24, 2.45) is 0 Å². The lowest BCUT2D eigenvalue weighted by Gasteiger charge is -2.10. The lowest BCUT2D eigenvalue weighted by molar-refractivity contribution is 0.0695. The summed E-state index contributed by atoms with van der Waals surface area (Å²) in [6, 6.07) is 12.8. The van der Waals surface area contributed by atoms with Crippen molar-refractivity contribution < 1.29 is 9.90 Å². The molecule has 2 aromatic rings. The van der Waals surface area contributed by atoms with Gasteiger partial charge in [-0.15, -0.1) is 0 Å².